The second-order valence-corrected chi connectivity index (χ2v) is 7.32. The lowest BCUT2D eigenvalue weighted by Gasteiger charge is -2.33. The number of carbonyl (C=O) groups is 1. The largest absolute Gasteiger partial charge is 0.337 e. The van der Waals surface area contributed by atoms with Crippen LogP contribution in [0.4, 0.5) is 0 Å². The molecule has 28 heavy (non-hydrogen) atoms. The molecule has 0 spiro atoms. The molecule has 0 radical (unpaired) electrons. The van der Waals surface area contributed by atoms with Gasteiger partial charge in [-0.15, -0.1) is 0 Å². The molecule has 1 saturated heterocycles. The van der Waals surface area contributed by atoms with E-state index in [1.165, 1.54) is 0 Å². The van der Waals surface area contributed by atoms with Gasteiger partial charge >= 0.3 is 0 Å². The van der Waals surface area contributed by atoms with Gasteiger partial charge in [-0.2, -0.15) is 0 Å². The lowest BCUT2D eigenvalue weighted by Crippen LogP contribution is -2.42. The van der Waals surface area contributed by atoms with Crippen LogP contribution in [0.15, 0.2) is 65.7 Å². The third-order valence-corrected chi connectivity index (χ3v) is 5.45. The Morgan fingerprint density at radius 1 is 1.14 bits per heavy atom. The number of hydrogen-bond donors (Lipinski definition) is 0. The van der Waals surface area contributed by atoms with Crippen LogP contribution in [0, 0.1) is 0 Å². The summed E-state index contributed by atoms with van der Waals surface area (Å²) < 4.78 is 1.67. The minimum absolute atomic E-state index is 0.0588. The highest BCUT2D eigenvalue weighted by Crippen LogP contribution is 2.22. The van der Waals surface area contributed by atoms with Crippen molar-refractivity contribution in [3.63, 3.8) is 0 Å². The molecule has 1 aliphatic heterocycles. The molecule has 5 nitrogen and oxygen atoms in total. The summed E-state index contributed by atoms with van der Waals surface area (Å²) in [6, 6.07) is 14.6. The minimum Gasteiger partial charge on any atom is -0.337 e. The van der Waals surface area contributed by atoms with Crippen molar-refractivity contribution < 1.29 is 4.79 Å². The Balaban J connectivity index is 1.53. The molecule has 0 N–H and O–H groups in total. The van der Waals surface area contributed by atoms with Crippen LogP contribution >= 0.6 is 11.6 Å². The molecule has 3 aromatic rings. The molecular weight excluding hydrogens is 374 g/mol. The van der Waals surface area contributed by atoms with Gasteiger partial charge < -0.3 is 4.90 Å². The van der Waals surface area contributed by atoms with Crippen molar-refractivity contribution in [1.29, 1.82) is 0 Å². The first kappa shape index (κ1) is 18.4. The van der Waals surface area contributed by atoms with Crippen molar-refractivity contribution in [3.8, 4) is 0 Å². The molecular formula is C22H20ClN3O2. The van der Waals surface area contributed by atoms with E-state index in [0.29, 0.717) is 29.0 Å². The van der Waals surface area contributed by atoms with E-state index in [4.69, 9.17) is 11.6 Å². The number of rotatable bonds is 3. The average Bonchev–Trinajstić information content (AvgIpc) is 2.73. The number of hydrogen-bond acceptors (Lipinski definition) is 3. The molecule has 2 aromatic carbocycles. The molecule has 0 bridgehead atoms. The van der Waals surface area contributed by atoms with Crippen molar-refractivity contribution in [1.82, 2.24) is 14.5 Å². The molecule has 1 aromatic heterocycles. The summed E-state index contributed by atoms with van der Waals surface area (Å²) in [5.41, 5.74) is 1.44. The fourth-order valence-corrected chi connectivity index (χ4v) is 3.80. The molecule has 1 amide bonds. The number of piperidine rings is 1. The SMILES string of the molecule is O=C(/C=C/c1ccccc1Cl)N1CCCC(n2cnc3ccccc3c2=O)C1. The molecule has 1 atom stereocenters. The Morgan fingerprint density at radius 2 is 1.93 bits per heavy atom. The number of aromatic nitrogens is 2. The predicted octanol–water partition coefficient (Wildman–Crippen LogP) is 3.93. The fourth-order valence-electron chi connectivity index (χ4n) is 3.60. The highest BCUT2D eigenvalue weighted by atomic mass is 35.5. The average molecular weight is 394 g/mol. The number of fused-ring (bicyclic) bond motifs is 1. The molecule has 1 unspecified atom stereocenters. The van der Waals surface area contributed by atoms with Gasteiger partial charge in [-0.25, -0.2) is 4.98 Å². The van der Waals surface area contributed by atoms with Gasteiger partial charge in [-0.05, 0) is 42.7 Å². The van der Waals surface area contributed by atoms with Crippen LogP contribution in [0.25, 0.3) is 17.0 Å². The zero-order valence-electron chi connectivity index (χ0n) is 15.3. The standard InChI is InChI=1S/C22H20ClN3O2/c23-19-9-3-1-6-16(19)11-12-21(27)25-13-5-7-17(14-25)26-15-24-20-10-4-2-8-18(20)22(26)28/h1-4,6,8-12,15,17H,5,7,13-14H2/b12-11+. The van der Waals surface area contributed by atoms with Crippen LogP contribution in [0.2, 0.25) is 5.02 Å². The van der Waals surface area contributed by atoms with Gasteiger partial charge in [0, 0.05) is 24.2 Å². The summed E-state index contributed by atoms with van der Waals surface area (Å²) in [4.78, 5) is 31.7. The third-order valence-electron chi connectivity index (χ3n) is 5.10. The van der Waals surface area contributed by atoms with Gasteiger partial charge in [0.2, 0.25) is 5.91 Å². The molecule has 1 aliphatic rings. The topological polar surface area (TPSA) is 55.2 Å². The Bertz CT molecular complexity index is 1110. The zero-order chi connectivity index (χ0) is 19.5. The zero-order valence-corrected chi connectivity index (χ0v) is 16.0. The quantitative estimate of drug-likeness (QED) is 0.633. The van der Waals surface area contributed by atoms with Crippen LogP contribution in [0.1, 0.15) is 24.4 Å². The molecule has 0 saturated carbocycles. The van der Waals surface area contributed by atoms with Crippen LogP contribution in [0.3, 0.4) is 0 Å². The second-order valence-electron chi connectivity index (χ2n) is 6.91. The third kappa shape index (κ3) is 3.71. The number of carbonyl (C=O) groups excluding carboxylic acids is 1. The van der Waals surface area contributed by atoms with E-state index in [-0.39, 0.29) is 17.5 Å². The molecule has 6 heteroatoms. The van der Waals surface area contributed by atoms with E-state index in [1.807, 2.05) is 36.4 Å². The van der Waals surface area contributed by atoms with E-state index >= 15 is 0 Å². The summed E-state index contributed by atoms with van der Waals surface area (Å²) in [5.74, 6) is -0.0774. The summed E-state index contributed by atoms with van der Waals surface area (Å²) >= 11 is 6.14. The first-order valence-corrected chi connectivity index (χ1v) is 9.68. The lowest BCUT2D eigenvalue weighted by atomic mass is 10.0. The van der Waals surface area contributed by atoms with Gasteiger partial charge in [0.05, 0.1) is 23.3 Å². The van der Waals surface area contributed by atoms with Gasteiger partial charge in [0.15, 0.2) is 0 Å². The second kappa shape index (κ2) is 7.98. The van der Waals surface area contributed by atoms with Crippen LogP contribution in [0.5, 0.6) is 0 Å². The summed E-state index contributed by atoms with van der Waals surface area (Å²) in [7, 11) is 0. The van der Waals surface area contributed by atoms with E-state index in [1.54, 1.807) is 40.1 Å². The first-order valence-electron chi connectivity index (χ1n) is 9.31. The summed E-state index contributed by atoms with van der Waals surface area (Å²) in [5, 5.41) is 1.21. The number of likely N-dealkylation sites (tertiary alicyclic amines) is 1. The lowest BCUT2D eigenvalue weighted by molar-refractivity contribution is -0.127. The van der Waals surface area contributed by atoms with E-state index < -0.39 is 0 Å². The Hall–Kier alpha value is -2.92. The van der Waals surface area contributed by atoms with Crippen LogP contribution < -0.4 is 5.56 Å². The smallest absolute Gasteiger partial charge is 0.261 e. The molecule has 0 aliphatic carbocycles. The van der Waals surface area contributed by atoms with E-state index in [9.17, 15) is 9.59 Å². The van der Waals surface area contributed by atoms with Crippen LogP contribution in [-0.4, -0.2) is 33.4 Å². The number of benzene rings is 2. The summed E-state index contributed by atoms with van der Waals surface area (Å²) in [6.45, 7) is 1.17. The van der Waals surface area contributed by atoms with Gasteiger partial charge in [0.25, 0.3) is 5.56 Å². The normalized spacial score (nSPS) is 17.3. The Kier molecular flexibility index (Phi) is 5.26. The van der Waals surface area contributed by atoms with Crippen molar-refractivity contribution in [2.24, 2.45) is 0 Å². The number of para-hydroxylation sites is 1. The first-order chi connectivity index (χ1) is 13.6. The maximum Gasteiger partial charge on any atom is 0.261 e. The van der Waals surface area contributed by atoms with Crippen molar-refractivity contribution >= 4 is 34.5 Å². The number of nitrogens with zero attached hydrogens (tertiary/aromatic N) is 3. The molecule has 1 fully saturated rings. The van der Waals surface area contributed by atoms with E-state index in [2.05, 4.69) is 4.98 Å². The number of amides is 1. The Morgan fingerprint density at radius 3 is 2.79 bits per heavy atom. The Labute approximate surface area is 167 Å². The van der Waals surface area contributed by atoms with Gasteiger partial charge in [-0.3, -0.25) is 14.2 Å². The van der Waals surface area contributed by atoms with Gasteiger partial charge in [-0.1, -0.05) is 41.9 Å². The monoisotopic (exact) mass is 393 g/mol. The van der Waals surface area contributed by atoms with Crippen LogP contribution in [-0.2, 0) is 4.79 Å². The maximum absolute atomic E-state index is 12.8. The van der Waals surface area contributed by atoms with E-state index in [0.717, 1.165) is 18.4 Å². The fraction of sp³-hybridized carbons (Fsp3) is 0.227. The van der Waals surface area contributed by atoms with Crippen molar-refractivity contribution in [2.45, 2.75) is 18.9 Å². The number of halogens is 1. The highest BCUT2D eigenvalue weighted by molar-refractivity contribution is 6.32. The molecule has 142 valence electrons. The summed E-state index contributed by atoms with van der Waals surface area (Å²) in [6.07, 6.45) is 6.57. The van der Waals surface area contributed by atoms with Crippen molar-refractivity contribution in [2.75, 3.05) is 13.1 Å². The van der Waals surface area contributed by atoms with Crippen molar-refractivity contribution in [3.05, 3.63) is 81.9 Å². The molecule has 4 rings (SSSR count). The predicted molar refractivity (Wildman–Crippen MR) is 111 cm³/mol. The van der Waals surface area contributed by atoms with Gasteiger partial charge in [0.1, 0.15) is 0 Å². The highest BCUT2D eigenvalue weighted by Gasteiger charge is 2.24. The maximum atomic E-state index is 12.8. The minimum atomic E-state index is -0.0774. The molecule has 2 heterocycles.